The highest BCUT2D eigenvalue weighted by atomic mass is 32.2. The van der Waals surface area contributed by atoms with Crippen molar-refractivity contribution in [2.45, 2.75) is 81.9 Å². The first kappa shape index (κ1) is 27.3. The third kappa shape index (κ3) is 7.63. The second-order valence-corrected chi connectivity index (χ2v) is 12.1. The lowest BCUT2D eigenvalue weighted by molar-refractivity contribution is -0.124. The SMILES string of the molecule is CCCC(NC(=O)[C@@H](CS(=O)(=O)Cc1ccccc1)NC1CCCCC1)[C@H](O)c1nc2ccccc2o1. The zero-order valence-electron chi connectivity index (χ0n) is 21.3. The number of nitrogens with zero attached hydrogens (tertiary/aromatic N) is 1. The summed E-state index contributed by atoms with van der Waals surface area (Å²) in [6.07, 6.45) is 5.10. The topological polar surface area (TPSA) is 122 Å². The molecule has 1 aromatic heterocycles. The lowest BCUT2D eigenvalue weighted by Crippen LogP contribution is -2.55. The van der Waals surface area contributed by atoms with Crippen LogP contribution in [0.15, 0.2) is 59.0 Å². The van der Waals surface area contributed by atoms with Crippen molar-refractivity contribution < 1.29 is 22.7 Å². The normalized spacial score (nSPS) is 17.4. The number of carbonyl (C=O) groups is 1. The number of aliphatic hydroxyl groups is 1. The molecule has 3 atom stereocenters. The highest BCUT2D eigenvalue weighted by molar-refractivity contribution is 7.90. The van der Waals surface area contributed by atoms with Gasteiger partial charge in [0.05, 0.1) is 17.5 Å². The number of hydrogen-bond acceptors (Lipinski definition) is 7. The molecule has 0 bridgehead atoms. The van der Waals surface area contributed by atoms with Crippen LogP contribution in [0.25, 0.3) is 11.1 Å². The molecule has 2 aromatic carbocycles. The summed E-state index contributed by atoms with van der Waals surface area (Å²) in [6, 6.07) is 14.7. The fourth-order valence-corrected chi connectivity index (χ4v) is 6.56. The molecule has 9 heteroatoms. The first-order chi connectivity index (χ1) is 17.8. The molecule has 8 nitrogen and oxygen atoms in total. The van der Waals surface area contributed by atoms with Crippen LogP contribution in [0, 0.1) is 0 Å². The van der Waals surface area contributed by atoms with Crippen LogP contribution in [-0.4, -0.2) is 48.3 Å². The van der Waals surface area contributed by atoms with Crippen LogP contribution in [0.5, 0.6) is 0 Å². The minimum absolute atomic E-state index is 0.0861. The third-order valence-electron chi connectivity index (χ3n) is 6.88. The Balaban J connectivity index is 1.51. The largest absolute Gasteiger partial charge is 0.438 e. The van der Waals surface area contributed by atoms with Crippen LogP contribution >= 0.6 is 0 Å². The summed E-state index contributed by atoms with van der Waals surface area (Å²) < 4.78 is 32.0. The number of rotatable bonds is 12. The van der Waals surface area contributed by atoms with E-state index in [1.54, 1.807) is 36.4 Å². The molecule has 1 amide bonds. The predicted octanol–water partition coefficient (Wildman–Crippen LogP) is 4.05. The van der Waals surface area contributed by atoms with E-state index >= 15 is 0 Å². The number of amides is 1. The number of nitrogens with one attached hydrogen (secondary N) is 2. The summed E-state index contributed by atoms with van der Waals surface area (Å²) in [4.78, 5) is 17.9. The number of carbonyl (C=O) groups excluding carboxylic acids is 1. The maximum atomic E-state index is 13.5. The van der Waals surface area contributed by atoms with Gasteiger partial charge in [0, 0.05) is 6.04 Å². The van der Waals surface area contributed by atoms with Crippen LogP contribution in [0.3, 0.4) is 0 Å². The minimum Gasteiger partial charge on any atom is -0.438 e. The molecular formula is C28H37N3O5S. The molecule has 37 heavy (non-hydrogen) atoms. The van der Waals surface area contributed by atoms with Crippen molar-refractivity contribution in [2.24, 2.45) is 0 Å². The van der Waals surface area contributed by atoms with Gasteiger partial charge in [-0.3, -0.25) is 4.79 Å². The van der Waals surface area contributed by atoms with Gasteiger partial charge in [-0.15, -0.1) is 0 Å². The van der Waals surface area contributed by atoms with Crippen molar-refractivity contribution in [3.8, 4) is 0 Å². The molecule has 1 heterocycles. The first-order valence-electron chi connectivity index (χ1n) is 13.2. The van der Waals surface area contributed by atoms with Crippen LogP contribution in [0.1, 0.15) is 69.4 Å². The maximum Gasteiger partial charge on any atom is 0.238 e. The van der Waals surface area contributed by atoms with Gasteiger partial charge in [0.2, 0.25) is 11.8 Å². The average molecular weight is 528 g/mol. The predicted molar refractivity (Wildman–Crippen MR) is 144 cm³/mol. The summed E-state index contributed by atoms with van der Waals surface area (Å²) in [5.41, 5.74) is 1.87. The molecule has 0 saturated heterocycles. The summed E-state index contributed by atoms with van der Waals surface area (Å²) >= 11 is 0. The van der Waals surface area contributed by atoms with E-state index in [2.05, 4.69) is 15.6 Å². The Morgan fingerprint density at radius 3 is 2.49 bits per heavy atom. The van der Waals surface area contributed by atoms with Crippen molar-refractivity contribution >= 4 is 26.8 Å². The second-order valence-electron chi connectivity index (χ2n) is 9.96. The zero-order valence-corrected chi connectivity index (χ0v) is 22.1. The van der Waals surface area contributed by atoms with E-state index < -0.39 is 33.9 Å². The van der Waals surface area contributed by atoms with Crippen LogP contribution in [-0.2, 0) is 20.4 Å². The molecule has 1 unspecified atom stereocenters. The fourth-order valence-electron chi connectivity index (χ4n) is 4.99. The van der Waals surface area contributed by atoms with Gasteiger partial charge in [-0.05, 0) is 37.0 Å². The molecule has 0 aliphatic heterocycles. The van der Waals surface area contributed by atoms with Gasteiger partial charge in [-0.1, -0.05) is 75.1 Å². The van der Waals surface area contributed by atoms with Crippen LogP contribution in [0.2, 0.25) is 0 Å². The fraction of sp³-hybridized carbons (Fsp3) is 0.500. The number of fused-ring (bicyclic) bond motifs is 1. The number of para-hydroxylation sites is 2. The molecule has 3 aromatic rings. The third-order valence-corrected chi connectivity index (χ3v) is 8.49. The zero-order chi connectivity index (χ0) is 26.3. The molecule has 1 saturated carbocycles. The first-order valence-corrected chi connectivity index (χ1v) is 15.0. The van der Waals surface area contributed by atoms with Crippen LogP contribution in [0.4, 0.5) is 0 Å². The number of hydrogen-bond donors (Lipinski definition) is 3. The number of aromatic nitrogens is 1. The van der Waals surface area contributed by atoms with E-state index in [0.29, 0.717) is 29.5 Å². The number of benzene rings is 2. The Bertz CT molecular complexity index is 1220. The standard InChI is InChI=1S/C28H37N3O5S/c1-2-11-23(26(32)28-31-22-16-9-10-17-25(22)36-28)30-27(33)24(29-21-14-7-4-8-15-21)19-37(34,35)18-20-12-5-3-6-13-20/h3,5-6,9-10,12-13,16-17,21,23-24,26,29,32H,2,4,7-8,11,14-15,18-19H2,1H3,(H,30,33)/t23?,24-,26+/m1/s1. The summed E-state index contributed by atoms with van der Waals surface area (Å²) in [7, 11) is -3.58. The van der Waals surface area contributed by atoms with Gasteiger partial charge in [0.15, 0.2) is 21.5 Å². The number of oxazole rings is 1. The summed E-state index contributed by atoms with van der Waals surface area (Å²) in [5.74, 6) is -0.750. The van der Waals surface area contributed by atoms with Crippen molar-refractivity contribution in [3.63, 3.8) is 0 Å². The van der Waals surface area contributed by atoms with Gasteiger partial charge in [-0.25, -0.2) is 13.4 Å². The molecule has 0 radical (unpaired) electrons. The number of aliphatic hydroxyl groups excluding tert-OH is 1. The molecular weight excluding hydrogens is 490 g/mol. The smallest absolute Gasteiger partial charge is 0.238 e. The van der Waals surface area contributed by atoms with E-state index in [0.717, 1.165) is 32.1 Å². The highest BCUT2D eigenvalue weighted by Gasteiger charge is 2.33. The Morgan fingerprint density at radius 1 is 1.08 bits per heavy atom. The lowest BCUT2D eigenvalue weighted by atomic mass is 9.95. The van der Waals surface area contributed by atoms with Crippen LogP contribution < -0.4 is 10.6 Å². The monoisotopic (exact) mass is 527 g/mol. The molecule has 1 aliphatic carbocycles. The quantitative estimate of drug-likeness (QED) is 0.325. The van der Waals surface area contributed by atoms with E-state index in [1.807, 2.05) is 25.1 Å². The van der Waals surface area contributed by atoms with Gasteiger partial charge in [0.1, 0.15) is 11.6 Å². The second kappa shape index (κ2) is 12.7. The van der Waals surface area contributed by atoms with Crippen molar-refractivity contribution in [2.75, 3.05) is 5.75 Å². The lowest BCUT2D eigenvalue weighted by Gasteiger charge is -2.30. The molecule has 200 valence electrons. The summed E-state index contributed by atoms with van der Waals surface area (Å²) in [6.45, 7) is 1.96. The Kier molecular flexibility index (Phi) is 9.34. The maximum absolute atomic E-state index is 13.5. The van der Waals surface area contributed by atoms with Gasteiger partial charge < -0.3 is 20.2 Å². The van der Waals surface area contributed by atoms with Crippen molar-refractivity contribution in [1.82, 2.24) is 15.6 Å². The van der Waals surface area contributed by atoms with Crippen molar-refractivity contribution in [1.29, 1.82) is 0 Å². The van der Waals surface area contributed by atoms with E-state index in [1.165, 1.54) is 0 Å². The van der Waals surface area contributed by atoms with Crippen molar-refractivity contribution in [3.05, 3.63) is 66.1 Å². The number of sulfone groups is 1. The van der Waals surface area contributed by atoms with E-state index in [-0.39, 0.29) is 23.4 Å². The van der Waals surface area contributed by atoms with Gasteiger partial charge in [0.25, 0.3) is 0 Å². The van der Waals surface area contributed by atoms with Gasteiger partial charge in [-0.2, -0.15) is 0 Å². The highest BCUT2D eigenvalue weighted by Crippen LogP contribution is 2.24. The average Bonchev–Trinajstić information content (AvgIpc) is 3.33. The van der Waals surface area contributed by atoms with E-state index in [4.69, 9.17) is 4.42 Å². The minimum atomic E-state index is -3.58. The summed E-state index contributed by atoms with van der Waals surface area (Å²) in [5, 5.41) is 17.3. The molecule has 1 fully saturated rings. The molecule has 0 spiro atoms. The van der Waals surface area contributed by atoms with Gasteiger partial charge >= 0.3 is 0 Å². The van der Waals surface area contributed by atoms with E-state index in [9.17, 15) is 18.3 Å². The Labute approximate surface area is 218 Å². The Morgan fingerprint density at radius 2 is 1.78 bits per heavy atom. The molecule has 1 aliphatic rings. The molecule has 3 N–H and O–H groups in total. The Hall–Kier alpha value is -2.75. The molecule has 4 rings (SSSR count).